The monoisotopic (exact) mass is 265 g/mol. The molecule has 0 fully saturated rings. The lowest BCUT2D eigenvalue weighted by atomic mass is 9.96. The number of nitriles is 2. The Morgan fingerprint density at radius 1 is 1.10 bits per heavy atom. The van der Waals surface area contributed by atoms with Crippen LogP contribution in [-0.2, 0) is 0 Å². The fourth-order valence-electron chi connectivity index (χ4n) is 2.01. The van der Waals surface area contributed by atoms with Gasteiger partial charge in [-0.05, 0) is 12.5 Å². The predicted molar refractivity (Wildman–Crippen MR) is 73.6 cm³/mol. The van der Waals surface area contributed by atoms with E-state index in [2.05, 4.69) is 11.1 Å². The van der Waals surface area contributed by atoms with Gasteiger partial charge in [0.25, 0.3) is 5.82 Å². The predicted octanol–water partition coefficient (Wildman–Crippen LogP) is 1.81. The van der Waals surface area contributed by atoms with Crippen LogP contribution in [0.4, 0.5) is 5.82 Å². The van der Waals surface area contributed by atoms with Crippen molar-refractivity contribution < 1.29 is 9.72 Å². The molecule has 0 amide bonds. The van der Waals surface area contributed by atoms with Crippen LogP contribution in [-0.4, -0.2) is 7.11 Å². The summed E-state index contributed by atoms with van der Waals surface area (Å²) in [5.41, 5.74) is 8.67. The highest BCUT2D eigenvalue weighted by atomic mass is 16.5. The molecule has 0 atom stereocenters. The van der Waals surface area contributed by atoms with Crippen LogP contribution in [0.5, 0.6) is 5.88 Å². The lowest BCUT2D eigenvalue weighted by molar-refractivity contribution is -0.376. The SMILES string of the molecule is COc1[nH+]c(N)c(C#N)c(-c2ccc(C)cc2)c1C#N. The zero-order chi connectivity index (χ0) is 14.7. The second-order valence-electron chi connectivity index (χ2n) is 4.29. The molecule has 0 radical (unpaired) electrons. The van der Waals surface area contributed by atoms with Gasteiger partial charge in [0.15, 0.2) is 5.56 Å². The Labute approximate surface area is 116 Å². The highest BCUT2D eigenvalue weighted by Crippen LogP contribution is 2.32. The van der Waals surface area contributed by atoms with Gasteiger partial charge in [-0.15, -0.1) is 0 Å². The first-order chi connectivity index (χ1) is 9.62. The minimum atomic E-state index is 0.180. The molecule has 5 heteroatoms. The van der Waals surface area contributed by atoms with E-state index in [1.54, 1.807) is 0 Å². The van der Waals surface area contributed by atoms with E-state index in [4.69, 9.17) is 10.5 Å². The Morgan fingerprint density at radius 2 is 1.70 bits per heavy atom. The van der Waals surface area contributed by atoms with Gasteiger partial charge in [0.05, 0.1) is 7.11 Å². The van der Waals surface area contributed by atoms with E-state index in [0.29, 0.717) is 5.56 Å². The number of nitrogens with zero attached hydrogens (tertiary/aromatic N) is 2. The molecule has 0 aliphatic rings. The Bertz CT molecular complexity index is 736. The molecule has 2 rings (SSSR count). The number of ether oxygens (including phenoxy) is 1. The molecule has 0 saturated carbocycles. The summed E-state index contributed by atoms with van der Waals surface area (Å²) in [6.45, 7) is 1.97. The van der Waals surface area contributed by atoms with Crippen LogP contribution >= 0.6 is 0 Å². The highest BCUT2D eigenvalue weighted by molar-refractivity contribution is 5.80. The van der Waals surface area contributed by atoms with Crippen LogP contribution < -0.4 is 15.5 Å². The number of nitrogens with two attached hydrogens (primary N) is 1. The maximum Gasteiger partial charge on any atom is 0.300 e. The van der Waals surface area contributed by atoms with Crippen molar-refractivity contribution in [3.8, 4) is 29.1 Å². The van der Waals surface area contributed by atoms with Crippen molar-refractivity contribution >= 4 is 5.82 Å². The minimum Gasteiger partial charge on any atom is -0.465 e. The van der Waals surface area contributed by atoms with Gasteiger partial charge in [0, 0.05) is 5.56 Å². The first kappa shape index (κ1) is 13.4. The number of pyridine rings is 1. The van der Waals surface area contributed by atoms with Crippen LogP contribution in [0.1, 0.15) is 16.7 Å². The van der Waals surface area contributed by atoms with Gasteiger partial charge in [-0.1, -0.05) is 29.8 Å². The molecule has 1 aromatic heterocycles. The maximum atomic E-state index is 9.36. The van der Waals surface area contributed by atoms with E-state index >= 15 is 0 Å². The van der Waals surface area contributed by atoms with Gasteiger partial charge in [0.1, 0.15) is 17.7 Å². The number of aromatic amines is 1. The lowest BCUT2D eigenvalue weighted by Gasteiger charge is -2.09. The van der Waals surface area contributed by atoms with Crippen molar-refractivity contribution in [2.24, 2.45) is 0 Å². The van der Waals surface area contributed by atoms with Crippen LogP contribution in [0, 0.1) is 29.6 Å². The van der Waals surface area contributed by atoms with Crippen molar-refractivity contribution in [2.75, 3.05) is 12.8 Å². The number of nitrogen functional groups attached to an aromatic ring is 1. The second-order valence-corrected chi connectivity index (χ2v) is 4.29. The molecule has 5 nitrogen and oxygen atoms in total. The van der Waals surface area contributed by atoms with E-state index in [9.17, 15) is 10.5 Å². The van der Waals surface area contributed by atoms with Crippen LogP contribution in [0.25, 0.3) is 11.1 Å². The van der Waals surface area contributed by atoms with Crippen molar-refractivity contribution in [1.29, 1.82) is 10.5 Å². The summed E-state index contributed by atoms with van der Waals surface area (Å²) in [4.78, 5) is 2.73. The van der Waals surface area contributed by atoms with E-state index in [1.807, 2.05) is 37.3 Å². The first-order valence-corrected chi connectivity index (χ1v) is 5.92. The number of hydrogen-bond donors (Lipinski definition) is 1. The number of methoxy groups -OCH3 is 1. The van der Waals surface area contributed by atoms with Crippen LogP contribution in [0.3, 0.4) is 0 Å². The summed E-state index contributed by atoms with van der Waals surface area (Å²) in [7, 11) is 1.44. The lowest BCUT2D eigenvalue weighted by Crippen LogP contribution is -2.18. The number of aromatic nitrogens is 1. The smallest absolute Gasteiger partial charge is 0.300 e. The quantitative estimate of drug-likeness (QED) is 0.895. The average molecular weight is 265 g/mol. The summed E-state index contributed by atoms with van der Waals surface area (Å²) in [5, 5.41) is 18.7. The molecule has 0 saturated heterocycles. The van der Waals surface area contributed by atoms with Gasteiger partial charge in [0.2, 0.25) is 0 Å². The van der Waals surface area contributed by atoms with Gasteiger partial charge in [-0.2, -0.15) is 10.5 Å². The van der Waals surface area contributed by atoms with E-state index in [1.165, 1.54) is 7.11 Å². The van der Waals surface area contributed by atoms with Gasteiger partial charge < -0.3 is 4.74 Å². The molecule has 0 spiro atoms. The number of anilines is 1. The molecule has 98 valence electrons. The number of hydrogen-bond acceptors (Lipinski definition) is 4. The van der Waals surface area contributed by atoms with Gasteiger partial charge in [-0.25, -0.2) is 4.98 Å². The number of benzene rings is 1. The fraction of sp³-hybridized carbons (Fsp3) is 0.133. The Balaban J connectivity index is 2.85. The molecular formula is C15H13N4O+. The summed E-state index contributed by atoms with van der Waals surface area (Å²) < 4.78 is 5.13. The molecule has 0 unspecified atom stereocenters. The normalized spacial score (nSPS) is 9.60. The molecule has 0 aliphatic heterocycles. The van der Waals surface area contributed by atoms with E-state index in [0.717, 1.165) is 11.1 Å². The zero-order valence-corrected chi connectivity index (χ0v) is 11.2. The van der Waals surface area contributed by atoms with Crippen molar-refractivity contribution in [2.45, 2.75) is 6.92 Å². The van der Waals surface area contributed by atoms with Crippen molar-refractivity contribution in [3.05, 3.63) is 41.0 Å². The zero-order valence-electron chi connectivity index (χ0n) is 11.2. The molecule has 20 heavy (non-hydrogen) atoms. The van der Waals surface area contributed by atoms with E-state index < -0.39 is 0 Å². The fourth-order valence-corrected chi connectivity index (χ4v) is 2.01. The summed E-state index contributed by atoms with van der Waals surface area (Å²) in [5.74, 6) is 0.429. The Morgan fingerprint density at radius 3 is 2.20 bits per heavy atom. The summed E-state index contributed by atoms with van der Waals surface area (Å²) in [6.07, 6.45) is 0. The molecule has 0 bridgehead atoms. The highest BCUT2D eigenvalue weighted by Gasteiger charge is 2.23. The second kappa shape index (κ2) is 5.29. The van der Waals surface area contributed by atoms with Gasteiger partial charge >= 0.3 is 5.88 Å². The van der Waals surface area contributed by atoms with Crippen LogP contribution in [0.2, 0.25) is 0 Å². The molecule has 2 aromatic rings. The van der Waals surface area contributed by atoms with Crippen LogP contribution in [0.15, 0.2) is 24.3 Å². The third kappa shape index (κ3) is 2.13. The largest absolute Gasteiger partial charge is 0.465 e. The maximum absolute atomic E-state index is 9.36. The minimum absolute atomic E-state index is 0.180. The summed E-state index contributed by atoms with van der Waals surface area (Å²) in [6, 6.07) is 11.6. The molecule has 3 N–H and O–H groups in total. The topological polar surface area (TPSA) is 97.0 Å². The Kier molecular flexibility index (Phi) is 3.54. The average Bonchev–Trinajstić information content (AvgIpc) is 2.46. The standard InChI is InChI=1S/C15H12N4O/c1-9-3-5-10(6-4-9)13-11(7-16)14(18)19-15(20-2)12(13)8-17/h3-6H,1-2H3,(H2,18,19)/p+1. The van der Waals surface area contributed by atoms with E-state index in [-0.39, 0.29) is 22.8 Å². The number of nitrogens with one attached hydrogen (secondary N) is 1. The first-order valence-electron chi connectivity index (χ1n) is 5.92. The number of H-pyrrole nitrogens is 1. The number of aryl methyl sites for hydroxylation is 1. The van der Waals surface area contributed by atoms with Crippen molar-refractivity contribution in [1.82, 2.24) is 0 Å². The molecule has 1 heterocycles. The number of rotatable bonds is 2. The summed E-state index contributed by atoms with van der Waals surface area (Å²) >= 11 is 0. The third-order valence-electron chi connectivity index (χ3n) is 3.01. The Hall–Kier alpha value is -3.05. The van der Waals surface area contributed by atoms with Crippen molar-refractivity contribution in [3.63, 3.8) is 0 Å². The molecular weight excluding hydrogens is 252 g/mol. The van der Waals surface area contributed by atoms with Gasteiger partial charge in [-0.3, -0.25) is 5.73 Å². The molecule has 0 aliphatic carbocycles. The molecule has 1 aromatic carbocycles. The third-order valence-corrected chi connectivity index (χ3v) is 3.01.